The number of carbonyl (C=O) groups is 1. The molecule has 1 saturated carbocycles. The maximum absolute atomic E-state index is 13.6. The van der Waals surface area contributed by atoms with E-state index in [1.54, 1.807) is 23.0 Å². The zero-order chi connectivity index (χ0) is 15.3. The van der Waals surface area contributed by atoms with E-state index >= 15 is 0 Å². The number of aromatic nitrogens is 2. The summed E-state index contributed by atoms with van der Waals surface area (Å²) in [5, 5.41) is 4.34. The lowest BCUT2D eigenvalue weighted by atomic mass is 9.77. The number of rotatable bonds is 1. The maximum Gasteiger partial charge on any atom is 0.150 e. The van der Waals surface area contributed by atoms with Crippen LogP contribution >= 0.6 is 15.9 Å². The van der Waals surface area contributed by atoms with E-state index < -0.39 is 0 Å². The first kappa shape index (κ1) is 13.8. The van der Waals surface area contributed by atoms with Crippen LogP contribution in [-0.4, -0.2) is 21.3 Å². The molecule has 1 aromatic carbocycles. The topological polar surface area (TPSA) is 47.2 Å². The van der Waals surface area contributed by atoms with Crippen molar-refractivity contribution >= 4 is 33.2 Å². The average molecular weight is 362 g/mol. The number of fused-ring (bicyclic) bond motifs is 2. The molecule has 2 heterocycles. The zero-order valence-corrected chi connectivity index (χ0v) is 13.3. The molecule has 0 spiro atoms. The number of carbonyl (C=O) groups excluding carboxylic acids is 1. The molecular formula is C16H13BrFN3O. The third-order valence-electron chi connectivity index (χ3n) is 4.33. The number of aliphatic imine (C=N–C) groups is 1. The fourth-order valence-electron chi connectivity index (χ4n) is 3.35. The molecule has 6 heteroatoms. The van der Waals surface area contributed by atoms with E-state index in [-0.39, 0.29) is 23.6 Å². The van der Waals surface area contributed by atoms with Gasteiger partial charge in [-0.25, -0.2) is 14.1 Å². The van der Waals surface area contributed by atoms with Gasteiger partial charge in [-0.3, -0.25) is 4.79 Å². The summed E-state index contributed by atoms with van der Waals surface area (Å²) in [6, 6.07) is 6.47. The molecule has 0 saturated heterocycles. The molecule has 0 bridgehead atoms. The lowest BCUT2D eigenvalue weighted by molar-refractivity contribution is -0.122. The molecule has 1 aromatic heterocycles. The molecule has 4 nitrogen and oxygen atoms in total. The number of halogens is 2. The van der Waals surface area contributed by atoms with Gasteiger partial charge in [0.25, 0.3) is 0 Å². The Morgan fingerprint density at radius 3 is 2.95 bits per heavy atom. The van der Waals surface area contributed by atoms with Gasteiger partial charge in [0.05, 0.1) is 22.6 Å². The van der Waals surface area contributed by atoms with Crippen molar-refractivity contribution in [3.63, 3.8) is 0 Å². The largest absolute Gasteiger partial charge is 0.299 e. The SMILES string of the molecule is O=C1CCCC2=Nc3ccnn3C(c3ccc(F)c(Br)c3)C12. The summed E-state index contributed by atoms with van der Waals surface area (Å²) >= 11 is 3.23. The Balaban J connectivity index is 1.90. The Bertz CT molecular complexity index is 798. The summed E-state index contributed by atoms with van der Waals surface area (Å²) < 4.78 is 15.7. The first-order chi connectivity index (χ1) is 10.6. The van der Waals surface area contributed by atoms with Gasteiger partial charge in [-0.2, -0.15) is 5.10 Å². The quantitative estimate of drug-likeness (QED) is 0.774. The molecule has 1 fully saturated rings. The van der Waals surface area contributed by atoms with E-state index in [0.717, 1.165) is 29.9 Å². The van der Waals surface area contributed by atoms with Gasteiger partial charge in [-0.1, -0.05) is 6.07 Å². The van der Waals surface area contributed by atoms with Crippen LogP contribution in [0.15, 0.2) is 39.9 Å². The van der Waals surface area contributed by atoms with Crippen molar-refractivity contribution in [1.29, 1.82) is 0 Å². The van der Waals surface area contributed by atoms with E-state index in [1.807, 2.05) is 6.07 Å². The molecule has 0 radical (unpaired) electrons. The lowest BCUT2D eigenvalue weighted by Crippen LogP contribution is -2.39. The summed E-state index contributed by atoms with van der Waals surface area (Å²) in [5.41, 5.74) is 1.79. The van der Waals surface area contributed by atoms with Gasteiger partial charge in [-0.15, -0.1) is 0 Å². The molecule has 1 aliphatic heterocycles. The smallest absolute Gasteiger partial charge is 0.150 e. The van der Waals surface area contributed by atoms with Crippen molar-refractivity contribution < 1.29 is 9.18 Å². The molecule has 0 N–H and O–H groups in total. The number of ketones is 1. The minimum atomic E-state index is -0.316. The number of nitrogens with zero attached hydrogens (tertiary/aromatic N) is 3. The van der Waals surface area contributed by atoms with Crippen molar-refractivity contribution in [3.05, 3.63) is 46.3 Å². The third-order valence-corrected chi connectivity index (χ3v) is 4.94. The van der Waals surface area contributed by atoms with Crippen molar-refractivity contribution in [3.8, 4) is 0 Å². The van der Waals surface area contributed by atoms with Crippen LogP contribution in [0.25, 0.3) is 0 Å². The van der Waals surface area contributed by atoms with Gasteiger partial charge < -0.3 is 0 Å². The first-order valence-corrected chi connectivity index (χ1v) is 8.03. The molecule has 2 atom stereocenters. The Labute approximate surface area is 135 Å². The van der Waals surface area contributed by atoms with E-state index in [4.69, 9.17) is 0 Å². The second-order valence-electron chi connectivity index (χ2n) is 5.65. The summed E-state index contributed by atoms with van der Waals surface area (Å²) in [6.45, 7) is 0. The Morgan fingerprint density at radius 1 is 1.27 bits per heavy atom. The van der Waals surface area contributed by atoms with Crippen molar-refractivity contribution in [2.45, 2.75) is 25.3 Å². The second-order valence-corrected chi connectivity index (χ2v) is 6.51. The number of Topliss-reactive ketones (excluding diaryl/α,β-unsaturated/α-hetero) is 1. The van der Waals surface area contributed by atoms with Gasteiger partial charge >= 0.3 is 0 Å². The number of hydrogen-bond donors (Lipinski definition) is 0. The van der Waals surface area contributed by atoms with Gasteiger partial charge in [0, 0.05) is 18.2 Å². The number of hydrogen-bond acceptors (Lipinski definition) is 3. The average Bonchev–Trinajstić information content (AvgIpc) is 2.96. The van der Waals surface area contributed by atoms with Crippen molar-refractivity contribution in [1.82, 2.24) is 9.78 Å². The molecule has 112 valence electrons. The van der Waals surface area contributed by atoms with Gasteiger partial charge in [0.15, 0.2) is 5.82 Å². The monoisotopic (exact) mass is 361 g/mol. The minimum absolute atomic E-state index is 0.191. The van der Waals surface area contributed by atoms with Gasteiger partial charge in [-0.05, 0) is 46.5 Å². The van der Waals surface area contributed by atoms with Crippen LogP contribution in [0.1, 0.15) is 30.9 Å². The maximum atomic E-state index is 13.6. The molecule has 0 amide bonds. The lowest BCUT2D eigenvalue weighted by Gasteiger charge is -2.34. The van der Waals surface area contributed by atoms with Crippen LogP contribution in [0.4, 0.5) is 10.2 Å². The highest BCUT2D eigenvalue weighted by atomic mass is 79.9. The molecule has 1 aliphatic carbocycles. The van der Waals surface area contributed by atoms with Gasteiger partial charge in [0.2, 0.25) is 0 Å². The highest BCUT2D eigenvalue weighted by Gasteiger charge is 2.41. The summed E-state index contributed by atoms with van der Waals surface area (Å²) in [5.74, 6) is 0.339. The molecule has 22 heavy (non-hydrogen) atoms. The highest BCUT2D eigenvalue weighted by Crippen LogP contribution is 2.40. The molecule has 2 aliphatic rings. The predicted molar refractivity (Wildman–Crippen MR) is 83.9 cm³/mol. The second kappa shape index (κ2) is 5.12. The van der Waals surface area contributed by atoms with Crippen LogP contribution in [-0.2, 0) is 4.79 Å². The Kier molecular flexibility index (Phi) is 3.22. The summed E-state index contributed by atoms with van der Waals surface area (Å²) in [6.07, 6.45) is 3.94. The minimum Gasteiger partial charge on any atom is -0.299 e. The third kappa shape index (κ3) is 2.05. The van der Waals surface area contributed by atoms with E-state index in [0.29, 0.717) is 10.9 Å². The van der Waals surface area contributed by atoms with E-state index in [1.165, 1.54) is 6.07 Å². The summed E-state index contributed by atoms with van der Waals surface area (Å²) in [7, 11) is 0. The van der Waals surface area contributed by atoms with Gasteiger partial charge in [0.1, 0.15) is 11.6 Å². The van der Waals surface area contributed by atoms with E-state index in [2.05, 4.69) is 26.0 Å². The van der Waals surface area contributed by atoms with E-state index in [9.17, 15) is 9.18 Å². The first-order valence-electron chi connectivity index (χ1n) is 7.24. The molecule has 2 unspecified atom stereocenters. The normalized spacial score (nSPS) is 23.7. The van der Waals surface area contributed by atoms with Crippen LogP contribution < -0.4 is 0 Å². The standard InChI is InChI=1S/C16H13BrFN3O/c17-10-8-9(4-5-11(10)18)16-15-12(2-1-3-13(15)22)20-14-6-7-19-21(14)16/h4-8,15-16H,1-3H2. The molecular weight excluding hydrogens is 349 g/mol. The van der Waals surface area contributed by atoms with Crippen molar-refractivity contribution in [2.75, 3.05) is 0 Å². The van der Waals surface area contributed by atoms with Crippen LogP contribution in [0.3, 0.4) is 0 Å². The predicted octanol–water partition coefficient (Wildman–Crippen LogP) is 3.83. The Hall–Kier alpha value is -1.82. The zero-order valence-electron chi connectivity index (χ0n) is 11.7. The summed E-state index contributed by atoms with van der Waals surface area (Å²) in [4.78, 5) is 17.1. The highest BCUT2D eigenvalue weighted by molar-refractivity contribution is 9.10. The Morgan fingerprint density at radius 2 is 2.14 bits per heavy atom. The fraction of sp³-hybridized carbons (Fsp3) is 0.312. The van der Waals surface area contributed by atoms with Crippen molar-refractivity contribution in [2.24, 2.45) is 10.9 Å². The van der Waals surface area contributed by atoms with Crippen LogP contribution in [0.5, 0.6) is 0 Å². The fourth-order valence-corrected chi connectivity index (χ4v) is 3.75. The number of benzene rings is 1. The molecule has 2 aromatic rings. The molecule has 4 rings (SSSR count). The van der Waals surface area contributed by atoms with Crippen LogP contribution in [0.2, 0.25) is 0 Å². The van der Waals surface area contributed by atoms with Crippen LogP contribution in [0, 0.1) is 11.7 Å².